The second-order valence-corrected chi connectivity index (χ2v) is 9.11. The van der Waals surface area contributed by atoms with Crippen molar-refractivity contribution in [3.63, 3.8) is 0 Å². The van der Waals surface area contributed by atoms with Gasteiger partial charge >= 0.3 is 5.97 Å². The summed E-state index contributed by atoms with van der Waals surface area (Å²) in [5.41, 5.74) is 0.240. The van der Waals surface area contributed by atoms with Gasteiger partial charge < -0.3 is 10.4 Å². The fourth-order valence-corrected chi connectivity index (χ4v) is 4.83. The van der Waals surface area contributed by atoms with Gasteiger partial charge in [0.15, 0.2) is 9.84 Å². The van der Waals surface area contributed by atoms with Crippen LogP contribution in [0.5, 0.6) is 0 Å². The van der Waals surface area contributed by atoms with Crippen LogP contribution in [0.25, 0.3) is 0 Å². The van der Waals surface area contributed by atoms with Crippen molar-refractivity contribution in [2.45, 2.75) is 9.79 Å². The number of hydrogen-bond acceptors (Lipinski definition) is 6. The molecule has 0 saturated carbocycles. The first-order valence-corrected chi connectivity index (χ1v) is 10.8. The summed E-state index contributed by atoms with van der Waals surface area (Å²) in [6.45, 7) is -0.546. The number of benzene rings is 2. The van der Waals surface area contributed by atoms with Gasteiger partial charge in [-0.05, 0) is 36.4 Å². The van der Waals surface area contributed by atoms with E-state index in [1.54, 1.807) is 0 Å². The zero-order valence-electron chi connectivity index (χ0n) is 14.0. The van der Waals surface area contributed by atoms with Crippen LogP contribution in [-0.4, -0.2) is 46.6 Å². The number of amides is 1. The Morgan fingerprint density at radius 1 is 0.926 bits per heavy atom. The molecule has 0 bridgehead atoms. The highest BCUT2D eigenvalue weighted by Crippen LogP contribution is 2.23. The number of hydrogen-bond donors (Lipinski definition) is 3. The number of carboxylic acid groups (broad SMARTS) is 1. The molecule has 2 rings (SSSR count). The second-order valence-electron chi connectivity index (χ2n) is 5.48. The third-order valence-corrected chi connectivity index (χ3v) is 6.06. The third kappa shape index (κ3) is 5.28. The van der Waals surface area contributed by atoms with Crippen molar-refractivity contribution in [3.8, 4) is 0 Å². The van der Waals surface area contributed by atoms with Crippen molar-refractivity contribution in [2.75, 3.05) is 17.5 Å². The molecule has 0 radical (unpaired) electrons. The Hall–Kier alpha value is -2.92. The minimum absolute atomic E-state index is 0.105. The lowest BCUT2D eigenvalue weighted by atomic mass is 10.2. The lowest BCUT2D eigenvalue weighted by molar-refractivity contribution is -0.135. The van der Waals surface area contributed by atoms with Crippen LogP contribution in [0.4, 0.5) is 5.69 Å². The fourth-order valence-electron chi connectivity index (χ4n) is 2.14. The normalized spacial score (nSPS) is 11.6. The molecule has 9 nitrogen and oxygen atoms in total. The van der Waals surface area contributed by atoms with E-state index in [2.05, 4.69) is 10.0 Å². The fraction of sp³-hybridized carbons (Fsp3) is 0.125. The van der Waals surface area contributed by atoms with E-state index in [4.69, 9.17) is 5.11 Å². The van der Waals surface area contributed by atoms with Crippen LogP contribution in [0.2, 0.25) is 0 Å². The smallest absolute Gasteiger partial charge is 0.322 e. The molecular formula is C16H16N2O7S2. The summed E-state index contributed by atoms with van der Waals surface area (Å²) in [6, 6.07) is 10.4. The quantitative estimate of drug-likeness (QED) is 0.607. The monoisotopic (exact) mass is 412 g/mol. The molecule has 2 aromatic carbocycles. The second kappa shape index (κ2) is 7.76. The van der Waals surface area contributed by atoms with Gasteiger partial charge in [-0.15, -0.1) is 0 Å². The van der Waals surface area contributed by atoms with Gasteiger partial charge in [0.25, 0.3) is 15.9 Å². The maximum absolute atomic E-state index is 12.5. The third-order valence-electron chi connectivity index (χ3n) is 3.34. The highest BCUT2D eigenvalue weighted by molar-refractivity contribution is 7.95. The largest absolute Gasteiger partial charge is 0.480 e. The minimum Gasteiger partial charge on any atom is -0.480 e. The van der Waals surface area contributed by atoms with Gasteiger partial charge in [0.1, 0.15) is 11.4 Å². The predicted octanol–water partition coefficient (Wildman–Crippen LogP) is 0.705. The van der Waals surface area contributed by atoms with Crippen molar-refractivity contribution in [1.82, 2.24) is 5.32 Å². The van der Waals surface area contributed by atoms with Crippen molar-refractivity contribution in [2.24, 2.45) is 0 Å². The molecule has 11 heteroatoms. The van der Waals surface area contributed by atoms with Crippen molar-refractivity contribution in [1.29, 1.82) is 0 Å². The Bertz CT molecular complexity index is 1080. The van der Waals surface area contributed by atoms with E-state index in [1.807, 2.05) is 0 Å². The highest BCUT2D eigenvalue weighted by atomic mass is 32.2. The highest BCUT2D eigenvalue weighted by Gasteiger charge is 2.23. The molecule has 27 heavy (non-hydrogen) atoms. The maximum Gasteiger partial charge on any atom is 0.322 e. The summed E-state index contributed by atoms with van der Waals surface area (Å²) in [6.07, 6.45) is 0.909. The number of nitrogens with one attached hydrogen (secondary N) is 2. The number of sulfonamides is 1. The average Bonchev–Trinajstić information content (AvgIpc) is 2.59. The molecule has 1 amide bonds. The number of carbonyl (C=O) groups excluding carboxylic acids is 1. The number of carboxylic acids is 1. The average molecular weight is 412 g/mol. The lowest BCUT2D eigenvalue weighted by Gasteiger charge is -2.11. The molecule has 3 N–H and O–H groups in total. The van der Waals surface area contributed by atoms with Crippen LogP contribution in [0.15, 0.2) is 58.3 Å². The van der Waals surface area contributed by atoms with E-state index in [1.165, 1.54) is 48.5 Å². The molecule has 0 saturated heterocycles. The zero-order chi connectivity index (χ0) is 20.2. The Morgan fingerprint density at radius 2 is 1.48 bits per heavy atom. The van der Waals surface area contributed by atoms with E-state index in [-0.39, 0.29) is 16.1 Å². The van der Waals surface area contributed by atoms with Crippen molar-refractivity contribution >= 4 is 37.4 Å². The topological polar surface area (TPSA) is 147 Å². The van der Waals surface area contributed by atoms with Crippen LogP contribution >= 0.6 is 0 Å². The van der Waals surface area contributed by atoms with Gasteiger partial charge in [-0.1, -0.05) is 12.1 Å². The van der Waals surface area contributed by atoms with Gasteiger partial charge in [0, 0.05) is 17.5 Å². The SMILES string of the molecule is CS(=O)(=O)c1ccccc1S(=O)(=O)Nc1ccc(C(=O)NCC(=O)O)cc1. The molecule has 0 aliphatic rings. The number of carbonyl (C=O) groups is 2. The van der Waals surface area contributed by atoms with Gasteiger partial charge in [-0.2, -0.15) is 0 Å². The Balaban J connectivity index is 2.25. The molecule has 0 aromatic heterocycles. The van der Waals surface area contributed by atoms with E-state index < -0.39 is 43.2 Å². The van der Waals surface area contributed by atoms with Gasteiger partial charge in [0.05, 0.1) is 4.90 Å². The molecule has 0 aliphatic carbocycles. The molecule has 144 valence electrons. The molecule has 0 spiro atoms. The summed E-state index contributed by atoms with van der Waals surface area (Å²) in [5, 5.41) is 10.7. The van der Waals surface area contributed by atoms with Crippen molar-refractivity contribution < 1.29 is 31.5 Å². The molecule has 0 unspecified atom stereocenters. The molecule has 0 heterocycles. The summed E-state index contributed by atoms with van der Waals surface area (Å²) in [5.74, 6) is -1.83. The molecule has 0 fully saturated rings. The summed E-state index contributed by atoms with van der Waals surface area (Å²) in [4.78, 5) is 21.5. The van der Waals surface area contributed by atoms with E-state index in [0.29, 0.717) is 0 Å². The van der Waals surface area contributed by atoms with E-state index in [9.17, 15) is 26.4 Å². The van der Waals surface area contributed by atoms with Crippen LogP contribution in [0.3, 0.4) is 0 Å². The number of aliphatic carboxylic acids is 1. The zero-order valence-corrected chi connectivity index (χ0v) is 15.7. The van der Waals surface area contributed by atoms with Crippen LogP contribution in [0, 0.1) is 0 Å². The van der Waals surface area contributed by atoms with Crippen LogP contribution in [0.1, 0.15) is 10.4 Å². The summed E-state index contributed by atoms with van der Waals surface area (Å²) >= 11 is 0. The Labute approximate surface area is 156 Å². The first kappa shape index (κ1) is 20.4. The van der Waals surface area contributed by atoms with E-state index >= 15 is 0 Å². The van der Waals surface area contributed by atoms with Crippen molar-refractivity contribution in [3.05, 3.63) is 54.1 Å². The first-order valence-electron chi connectivity index (χ1n) is 7.42. The minimum atomic E-state index is -4.19. The van der Waals surface area contributed by atoms with Gasteiger partial charge in [-0.3, -0.25) is 14.3 Å². The maximum atomic E-state index is 12.5. The standard InChI is InChI=1S/C16H16N2O7S2/c1-26(22,23)13-4-2-3-5-14(13)27(24,25)18-12-8-6-11(7-9-12)16(21)17-10-15(19)20/h2-9,18H,10H2,1H3,(H,17,21)(H,19,20). The predicted molar refractivity (Wildman–Crippen MR) is 96.8 cm³/mol. The molecular weight excluding hydrogens is 396 g/mol. The first-order chi connectivity index (χ1) is 12.5. The van der Waals surface area contributed by atoms with Gasteiger partial charge in [-0.25, -0.2) is 16.8 Å². The number of sulfone groups is 1. The molecule has 0 atom stereocenters. The van der Waals surface area contributed by atoms with Crippen LogP contribution < -0.4 is 10.0 Å². The summed E-state index contributed by atoms with van der Waals surface area (Å²) < 4.78 is 50.9. The Morgan fingerprint density at radius 3 is 2.00 bits per heavy atom. The van der Waals surface area contributed by atoms with E-state index in [0.717, 1.165) is 6.26 Å². The molecule has 0 aliphatic heterocycles. The number of anilines is 1. The van der Waals surface area contributed by atoms with Crippen LogP contribution in [-0.2, 0) is 24.7 Å². The lowest BCUT2D eigenvalue weighted by Crippen LogP contribution is -2.29. The van der Waals surface area contributed by atoms with Gasteiger partial charge in [0.2, 0.25) is 0 Å². The summed E-state index contributed by atoms with van der Waals surface area (Å²) in [7, 11) is -7.95. The Kier molecular flexibility index (Phi) is 5.86. The number of rotatable bonds is 7. The molecule has 2 aromatic rings.